The Morgan fingerprint density at radius 3 is 2.62 bits per heavy atom. The second kappa shape index (κ2) is 12.5. The number of carbonyl (C=O) groups is 1. The number of nitrogens with one attached hydrogen (secondary N) is 1. The van der Waals surface area contributed by atoms with Gasteiger partial charge >= 0.3 is 0 Å². The molecule has 0 atom stereocenters. The van der Waals surface area contributed by atoms with Crippen LogP contribution < -0.4 is 19.5 Å². The molecule has 37 heavy (non-hydrogen) atoms. The maximum absolute atomic E-state index is 13.0. The Bertz CT molecular complexity index is 1380. The van der Waals surface area contributed by atoms with Gasteiger partial charge in [0.15, 0.2) is 11.5 Å². The third-order valence-corrected chi connectivity index (χ3v) is 6.26. The van der Waals surface area contributed by atoms with Crippen LogP contribution in [0.2, 0.25) is 10.0 Å². The second-order valence-corrected chi connectivity index (χ2v) is 8.95. The van der Waals surface area contributed by atoms with Crippen molar-refractivity contribution in [1.29, 1.82) is 0 Å². The van der Waals surface area contributed by atoms with Crippen LogP contribution in [0, 0.1) is 0 Å². The number of benzene rings is 2. The molecule has 3 aromatic rings. The van der Waals surface area contributed by atoms with E-state index in [2.05, 4.69) is 10.3 Å². The molecule has 190 valence electrons. The highest BCUT2D eigenvalue weighted by atomic mass is 35.5. The van der Waals surface area contributed by atoms with Gasteiger partial charge < -0.3 is 19.5 Å². The molecular weight excluding hydrogens is 511 g/mol. The maximum Gasteiger partial charge on any atom is 0.255 e. The number of ether oxygens (including phenoxy) is 3. The average molecular weight is 537 g/mol. The molecule has 2 aromatic carbocycles. The summed E-state index contributed by atoms with van der Waals surface area (Å²) in [5.74, 6) is 1.30. The maximum atomic E-state index is 13.0. The number of pyridine rings is 1. The highest BCUT2D eigenvalue weighted by Crippen LogP contribution is 2.29. The Labute approximate surface area is 226 Å². The van der Waals surface area contributed by atoms with Crippen LogP contribution in [-0.2, 0) is 6.42 Å². The molecule has 0 unspecified atom stereocenters. The van der Waals surface area contributed by atoms with Crippen LogP contribution in [0.3, 0.4) is 0 Å². The molecule has 1 aliphatic rings. The molecule has 0 spiro atoms. The van der Waals surface area contributed by atoms with E-state index in [-0.39, 0.29) is 5.91 Å². The number of aromatic nitrogens is 1. The van der Waals surface area contributed by atoms with Crippen molar-refractivity contribution in [2.75, 3.05) is 20.8 Å². The van der Waals surface area contributed by atoms with Crippen LogP contribution in [0.4, 0.5) is 0 Å². The molecule has 1 heterocycles. The fourth-order valence-corrected chi connectivity index (χ4v) is 4.23. The number of hydrogen-bond donors (Lipinski definition) is 1. The molecule has 1 aromatic heterocycles. The van der Waals surface area contributed by atoms with Crippen molar-refractivity contribution in [3.63, 3.8) is 0 Å². The number of hydrogen-bond acceptors (Lipinski definition) is 5. The summed E-state index contributed by atoms with van der Waals surface area (Å²) in [6, 6.07) is 16.0. The fourth-order valence-electron chi connectivity index (χ4n) is 3.73. The Morgan fingerprint density at radius 2 is 1.84 bits per heavy atom. The molecular formula is C29H26Cl2N2O4. The van der Waals surface area contributed by atoms with Crippen molar-refractivity contribution in [1.82, 2.24) is 10.3 Å². The van der Waals surface area contributed by atoms with Gasteiger partial charge in [0, 0.05) is 33.8 Å². The standard InChI is InChI=1S/C29H26Cl2N2O4/c1-35-26-14-11-21(17-27(26)37-16-15-19-9-12-22(30)18-24(19)31)29(34)32-23-6-3-5-20(10-13-23)25-7-4-8-28(33-25)36-2/h4-14,17-18H,3,15-16H2,1-2H3,(H,32,34). The summed E-state index contributed by atoms with van der Waals surface area (Å²) >= 11 is 12.2. The molecule has 0 saturated carbocycles. The van der Waals surface area contributed by atoms with Crippen LogP contribution in [0.15, 0.2) is 84.6 Å². The number of carbonyl (C=O) groups excluding carboxylic acids is 1. The van der Waals surface area contributed by atoms with Crippen LogP contribution in [-0.4, -0.2) is 31.7 Å². The highest BCUT2D eigenvalue weighted by Gasteiger charge is 2.13. The lowest BCUT2D eigenvalue weighted by atomic mass is 10.1. The normalized spacial score (nSPS) is 12.8. The predicted octanol–water partition coefficient (Wildman–Crippen LogP) is 6.68. The number of methoxy groups -OCH3 is 2. The zero-order valence-corrected chi connectivity index (χ0v) is 22.0. The van der Waals surface area contributed by atoms with E-state index in [9.17, 15) is 4.79 Å². The SMILES string of the molecule is COc1cccc(C2=CCC=C(NC(=O)c3ccc(OC)c(OCCc4ccc(Cl)cc4Cl)c3)C=C2)n1. The number of allylic oxidation sites excluding steroid dienone is 5. The van der Waals surface area contributed by atoms with E-state index in [1.165, 1.54) is 0 Å². The van der Waals surface area contributed by atoms with E-state index in [4.69, 9.17) is 37.4 Å². The summed E-state index contributed by atoms with van der Waals surface area (Å²) < 4.78 is 16.6. The van der Waals surface area contributed by atoms with E-state index in [1.54, 1.807) is 50.6 Å². The summed E-state index contributed by atoms with van der Waals surface area (Å²) in [6.07, 6.45) is 8.98. The van der Waals surface area contributed by atoms with Crippen molar-refractivity contribution in [3.8, 4) is 17.4 Å². The third-order valence-electron chi connectivity index (χ3n) is 5.67. The van der Waals surface area contributed by atoms with Gasteiger partial charge in [-0.1, -0.05) is 53.6 Å². The molecule has 0 fully saturated rings. The van der Waals surface area contributed by atoms with Gasteiger partial charge in [-0.2, -0.15) is 0 Å². The molecule has 4 rings (SSSR count). The van der Waals surface area contributed by atoms with E-state index in [1.807, 2.05) is 42.5 Å². The van der Waals surface area contributed by atoms with Crippen molar-refractivity contribution >= 4 is 34.7 Å². The van der Waals surface area contributed by atoms with Gasteiger partial charge in [0.1, 0.15) is 0 Å². The molecule has 1 amide bonds. The molecule has 0 bridgehead atoms. The Kier molecular flexibility index (Phi) is 8.88. The Balaban J connectivity index is 1.41. The van der Waals surface area contributed by atoms with Gasteiger partial charge in [-0.25, -0.2) is 4.98 Å². The van der Waals surface area contributed by atoms with Crippen molar-refractivity contribution in [3.05, 3.63) is 111 Å². The first-order chi connectivity index (χ1) is 18.0. The molecule has 0 saturated heterocycles. The lowest BCUT2D eigenvalue weighted by molar-refractivity contribution is 0.0966. The molecule has 0 aliphatic heterocycles. The smallest absolute Gasteiger partial charge is 0.255 e. The van der Waals surface area contributed by atoms with Gasteiger partial charge in [0.25, 0.3) is 5.91 Å². The van der Waals surface area contributed by atoms with Gasteiger partial charge in [0.05, 0.1) is 26.5 Å². The number of amides is 1. The monoisotopic (exact) mass is 536 g/mol. The lowest BCUT2D eigenvalue weighted by Gasteiger charge is -2.13. The molecule has 1 aliphatic carbocycles. The van der Waals surface area contributed by atoms with Crippen LogP contribution in [0.25, 0.3) is 5.57 Å². The van der Waals surface area contributed by atoms with E-state index in [0.717, 1.165) is 16.8 Å². The second-order valence-electron chi connectivity index (χ2n) is 8.11. The first-order valence-electron chi connectivity index (χ1n) is 11.6. The lowest BCUT2D eigenvalue weighted by Crippen LogP contribution is -2.22. The fraction of sp³-hybridized carbons (Fsp3) is 0.172. The van der Waals surface area contributed by atoms with Crippen LogP contribution in [0.1, 0.15) is 28.0 Å². The Morgan fingerprint density at radius 1 is 0.973 bits per heavy atom. The van der Waals surface area contributed by atoms with Gasteiger partial charge in [0.2, 0.25) is 5.88 Å². The van der Waals surface area contributed by atoms with Crippen molar-refractivity contribution in [2.24, 2.45) is 0 Å². The van der Waals surface area contributed by atoms with Gasteiger partial charge in [-0.3, -0.25) is 4.79 Å². The molecule has 8 heteroatoms. The van der Waals surface area contributed by atoms with Crippen LogP contribution in [0.5, 0.6) is 17.4 Å². The van der Waals surface area contributed by atoms with Crippen molar-refractivity contribution in [2.45, 2.75) is 12.8 Å². The average Bonchev–Trinajstić information content (AvgIpc) is 3.15. The minimum absolute atomic E-state index is 0.257. The van der Waals surface area contributed by atoms with E-state index >= 15 is 0 Å². The first-order valence-corrected chi connectivity index (χ1v) is 12.4. The molecule has 6 nitrogen and oxygen atoms in total. The van der Waals surface area contributed by atoms with E-state index in [0.29, 0.717) is 58.1 Å². The minimum Gasteiger partial charge on any atom is -0.493 e. The summed E-state index contributed by atoms with van der Waals surface area (Å²) in [4.78, 5) is 17.5. The largest absolute Gasteiger partial charge is 0.493 e. The number of halogens is 2. The zero-order valence-electron chi connectivity index (χ0n) is 20.5. The van der Waals surface area contributed by atoms with Gasteiger partial charge in [-0.05, 0) is 60.0 Å². The Hall–Kier alpha value is -3.74. The zero-order chi connectivity index (χ0) is 26.2. The minimum atomic E-state index is -0.257. The quantitative estimate of drug-likeness (QED) is 0.330. The highest BCUT2D eigenvalue weighted by molar-refractivity contribution is 6.35. The van der Waals surface area contributed by atoms with Crippen molar-refractivity contribution < 1.29 is 19.0 Å². The van der Waals surface area contributed by atoms with E-state index < -0.39 is 0 Å². The van der Waals surface area contributed by atoms with Gasteiger partial charge in [-0.15, -0.1) is 0 Å². The summed E-state index contributed by atoms with van der Waals surface area (Å²) in [5.41, 5.74) is 3.80. The summed E-state index contributed by atoms with van der Waals surface area (Å²) in [7, 11) is 3.14. The first kappa shape index (κ1) is 26.3. The van der Waals surface area contributed by atoms with Crippen LogP contribution >= 0.6 is 23.2 Å². The number of nitrogens with zero attached hydrogens (tertiary/aromatic N) is 1. The number of rotatable bonds is 9. The summed E-state index contributed by atoms with van der Waals surface area (Å²) in [6.45, 7) is 0.351. The summed E-state index contributed by atoms with van der Waals surface area (Å²) in [5, 5.41) is 4.12. The topological polar surface area (TPSA) is 69.7 Å². The third kappa shape index (κ3) is 6.94. The molecule has 1 N–H and O–H groups in total. The predicted molar refractivity (Wildman–Crippen MR) is 147 cm³/mol. The molecule has 0 radical (unpaired) electrons.